The third-order valence-electron chi connectivity index (χ3n) is 3.52. The van der Waals surface area contributed by atoms with Gasteiger partial charge in [0.15, 0.2) is 0 Å². The fourth-order valence-electron chi connectivity index (χ4n) is 2.65. The zero-order valence-electron chi connectivity index (χ0n) is 10.8. The van der Waals surface area contributed by atoms with E-state index < -0.39 is 0 Å². The second-order valence-corrected chi connectivity index (χ2v) is 5.09. The highest BCUT2D eigenvalue weighted by Crippen LogP contribution is 2.41. The molecule has 1 aliphatic rings. The van der Waals surface area contributed by atoms with Gasteiger partial charge in [-0.3, -0.25) is 4.99 Å². The molecule has 0 amide bonds. The van der Waals surface area contributed by atoms with Crippen molar-refractivity contribution in [1.29, 1.82) is 0 Å². The Bertz CT molecular complexity index is 582. The molecular formula is C17H17N. The second-order valence-electron chi connectivity index (χ2n) is 5.09. The summed E-state index contributed by atoms with van der Waals surface area (Å²) in [5.41, 5.74) is 5.10. The third kappa shape index (κ3) is 1.76. The molecule has 0 N–H and O–H groups in total. The van der Waals surface area contributed by atoms with Gasteiger partial charge in [0.2, 0.25) is 0 Å². The lowest BCUT2D eigenvalue weighted by molar-refractivity contribution is 0.847. The summed E-state index contributed by atoms with van der Waals surface area (Å²) in [6.07, 6.45) is 0. The molecule has 1 nitrogen and oxygen atoms in total. The lowest BCUT2D eigenvalue weighted by Gasteiger charge is -2.17. The normalized spacial score (nSPS) is 17.7. The standard InChI is InChI=1S/C17H17N/c1-12(2)17-16(13-8-4-3-5-9-13)14-10-6-7-11-15(14)18-17/h3-12,16H,1-2H3. The van der Waals surface area contributed by atoms with Gasteiger partial charge in [0.05, 0.1) is 5.69 Å². The van der Waals surface area contributed by atoms with Gasteiger partial charge < -0.3 is 0 Å². The van der Waals surface area contributed by atoms with Crippen LogP contribution in [0.25, 0.3) is 0 Å². The molecule has 0 spiro atoms. The van der Waals surface area contributed by atoms with Crippen LogP contribution in [0.1, 0.15) is 30.9 Å². The molecule has 1 heterocycles. The summed E-state index contributed by atoms with van der Waals surface area (Å²) in [6.45, 7) is 4.45. The van der Waals surface area contributed by atoms with E-state index in [0.29, 0.717) is 11.8 Å². The number of benzene rings is 2. The van der Waals surface area contributed by atoms with E-state index in [1.807, 2.05) is 0 Å². The summed E-state index contributed by atoms with van der Waals surface area (Å²) in [4.78, 5) is 4.83. The molecule has 0 aromatic heterocycles. The van der Waals surface area contributed by atoms with Gasteiger partial charge in [-0.25, -0.2) is 0 Å². The van der Waals surface area contributed by atoms with Crippen LogP contribution in [0, 0.1) is 5.92 Å². The van der Waals surface area contributed by atoms with Crippen LogP contribution >= 0.6 is 0 Å². The van der Waals surface area contributed by atoms with Crippen LogP contribution in [0.3, 0.4) is 0 Å². The smallest absolute Gasteiger partial charge is 0.0671 e. The molecule has 2 aromatic rings. The average molecular weight is 235 g/mol. The van der Waals surface area contributed by atoms with Gasteiger partial charge in [0.1, 0.15) is 0 Å². The summed E-state index contributed by atoms with van der Waals surface area (Å²) in [6, 6.07) is 19.2. The van der Waals surface area contributed by atoms with Crippen molar-refractivity contribution in [3.8, 4) is 0 Å². The predicted octanol–water partition coefficient (Wildman–Crippen LogP) is 4.56. The monoisotopic (exact) mass is 235 g/mol. The zero-order valence-corrected chi connectivity index (χ0v) is 10.8. The summed E-state index contributed by atoms with van der Waals surface area (Å²) in [7, 11) is 0. The molecule has 0 saturated heterocycles. The number of hydrogen-bond acceptors (Lipinski definition) is 1. The summed E-state index contributed by atoms with van der Waals surface area (Å²) in [5.74, 6) is 0.810. The molecule has 0 bridgehead atoms. The predicted molar refractivity (Wildman–Crippen MR) is 76.7 cm³/mol. The Labute approximate surface area is 108 Å². The molecule has 1 atom stereocenters. The van der Waals surface area contributed by atoms with Crippen molar-refractivity contribution in [3.05, 3.63) is 65.7 Å². The minimum atomic E-state index is 0.336. The number of fused-ring (bicyclic) bond motifs is 1. The largest absolute Gasteiger partial charge is 0.256 e. The fraction of sp³-hybridized carbons (Fsp3) is 0.235. The Morgan fingerprint density at radius 2 is 1.56 bits per heavy atom. The number of nitrogens with zero attached hydrogens (tertiary/aromatic N) is 1. The second kappa shape index (κ2) is 4.41. The Morgan fingerprint density at radius 3 is 2.28 bits per heavy atom. The highest BCUT2D eigenvalue weighted by atomic mass is 14.8. The summed E-state index contributed by atoms with van der Waals surface area (Å²) >= 11 is 0. The Kier molecular flexibility index (Phi) is 2.75. The van der Waals surface area contributed by atoms with Gasteiger partial charge in [-0.15, -0.1) is 0 Å². The maximum Gasteiger partial charge on any atom is 0.0671 e. The molecule has 1 aliphatic heterocycles. The van der Waals surface area contributed by atoms with E-state index in [2.05, 4.69) is 68.4 Å². The van der Waals surface area contributed by atoms with Crippen molar-refractivity contribution in [2.45, 2.75) is 19.8 Å². The Hall–Kier alpha value is -1.89. The first-order valence-electron chi connectivity index (χ1n) is 6.49. The van der Waals surface area contributed by atoms with Gasteiger partial charge in [0, 0.05) is 11.6 Å². The highest BCUT2D eigenvalue weighted by Gasteiger charge is 2.29. The van der Waals surface area contributed by atoms with Crippen LogP contribution in [0.4, 0.5) is 5.69 Å². The van der Waals surface area contributed by atoms with Crippen LogP contribution < -0.4 is 0 Å². The molecule has 1 unspecified atom stereocenters. The summed E-state index contributed by atoms with van der Waals surface area (Å²) in [5, 5.41) is 0. The topological polar surface area (TPSA) is 12.4 Å². The first kappa shape index (κ1) is 11.2. The number of para-hydroxylation sites is 1. The van der Waals surface area contributed by atoms with Crippen LogP contribution in [-0.4, -0.2) is 5.71 Å². The van der Waals surface area contributed by atoms with Crippen molar-refractivity contribution >= 4 is 11.4 Å². The molecular weight excluding hydrogens is 218 g/mol. The van der Waals surface area contributed by atoms with Crippen LogP contribution in [0.15, 0.2) is 59.6 Å². The molecule has 18 heavy (non-hydrogen) atoms. The molecule has 90 valence electrons. The maximum absolute atomic E-state index is 4.83. The van der Waals surface area contributed by atoms with E-state index in [-0.39, 0.29) is 0 Å². The van der Waals surface area contributed by atoms with Crippen molar-refractivity contribution in [3.63, 3.8) is 0 Å². The number of aliphatic imine (C=N–C) groups is 1. The van der Waals surface area contributed by atoms with Gasteiger partial charge >= 0.3 is 0 Å². The van der Waals surface area contributed by atoms with E-state index in [9.17, 15) is 0 Å². The average Bonchev–Trinajstić information content (AvgIpc) is 2.79. The number of rotatable bonds is 2. The van der Waals surface area contributed by atoms with Gasteiger partial charge in [-0.2, -0.15) is 0 Å². The van der Waals surface area contributed by atoms with Gasteiger partial charge in [-0.1, -0.05) is 62.4 Å². The minimum absolute atomic E-state index is 0.336. The van der Waals surface area contributed by atoms with E-state index in [1.165, 1.54) is 16.8 Å². The maximum atomic E-state index is 4.83. The first-order valence-corrected chi connectivity index (χ1v) is 6.49. The highest BCUT2D eigenvalue weighted by molar-refractivity contribution is 6.01. The number of hydrogen-bond donors (Lipinski definition) is 0. The first-order chi connectivity index (χ1) is 8.77. The molecule has 3 rings (SSSR count). The Morgan fingerprint density at radius 1 is 0.889 bits per heavy atom. The van der Waals surface area contributed by atoms with Crippen molar-refractivity contribution in [2.24, 2.45) is 10.9 Å². The van der Waals surface area contributed by atoms with Crippen molar-refractivity contribution in [1.82, 2.24) is 0 Å². The lowest BCUT2D eigenvalue weighted by atomic mass is 9.84. The fourth-order valence-corrected chi connectivity index (χ4v) is 2.65. The zero-order chi connectivity index (χ0) is 12.5. The van der Waals surface area contributed by atoms with E-state index in [4.69, 9.17) is 4.99 Å². The van der Waals surface area contributed by atoms with E-state index in [0.717, 1.165) is 5.69 Å². The van der Waals surface area contributed by atoms with Crippen molar-refractivity contribution < 1.29 is 0 Å². The minimum Gasteiger partial charge on any atom is -0.256 e. The van der Waals surface area contributed by atoms with Gasteiger partial charge in [0.25, 0.3) is 0 Å². The van der Waals surface area contributed by atoms with Crippen LogP contribution in [-0.2, 0) is 0 Å². The summed E-state index contributed by atoms with van der Waals surface area (Å²) < 4.78 is 0. The van der Waals surface area contributed by atoms with E-state index in [1.54, 1.807) is 0 Å². The molecule has 0 radical (unpaired) electrons. The third-order valence-corrected chi connectivity index (χ3v) is 3.52. The molecule has 1 heteroatoms. The Balaban J connectivity index is 2.14. The molecule has 2 aromatic carbocycles. The van der Waals surface area contributed by atoms with Crippen LogP contribution in [0.5, 0.6) is 0 Å². The van der Waals surface area contributed by atoms with Crippen LogP contribution in [0.2, 0.25) is 0 Å². The quantitative estimate of drug-likeness (QED) is 0.723. The lowest BCUT2D eigenvalue weighted by Crippen LogP contribution is -2.15. The van der Waals surface area contributed by atoms with Gasteiger partial charge in [-0.05, 0) is 23.1 Å². The van der Waals surface area contributed by atoms with E-state index >= 15 is 0 Å². The molecule has 0 aliphatic carbocycles. The molecule has 0 fully saturated rings. The SMILES string of the molecule is CC(C)C1=Nc2ccccc2C1c1ccccc1. The molecule has 0 saturated carbocycles. The van der Waals surface area contributed by atoms with Crippen molar-refractivity contribution in [2.75, 3.05) is 0 Å².